The van der Waals surface area contributed by atoms with Gasteiger partial charge in [-0.05, 0) is 0 Å². The second-order valence-corrected chi connectivity index (χ2v) is 6.38. The molecule has 2 heterocycles. The second kappa shape index (κ2) is 5.27. The van der Waals surface area contributed by atoms with Gasteiger partial charge in [0.05, 0.1) is 24.7 Å². The SMILES string of the molecule is CS(=O)(=O)N[C@@H]1CN(C(=O)Cn2ccnc2)C[C@H]1O. The number of nitrogens with zero attached hydrogens (tertiary/aromatic N) is 3. The summed E-state index contributed by atoms with van der Waals surface area (Å²) in [5, 5.41) is 9.76. The summed E-state index contributed by atoms with van der Waals surface area (Å²) in [6, 6.07) is -0.651. The molecule has 1 aromatic heterocycles. The number of nitrogens with one attached hydrogen (secondary N) is 1. The van der Waals surface area contributed by atoms with Crippen LogP contribution in [0.4, 0.5) is 0 Å². The molecule has 0 aliphatic carbocycles. The second-order valence-electron chi connectivity index (χ2n) is 4.60. The molecule has 0 spiro atoms. The fourth-order valence-corrected chi connectivity index (χ4v) is 2.80. The van der Waals surface area contributed by atoms with E-state index in [-0.39, 0.29) is 25.5 Å². The fraction of sp³-hybridized carbons (Fsp3) is 0.600. The minimum absolute atomic E-state index is 0.123. The Bertz CT molecular complexity index is 542. The van der Waals surface area contributed by atoms with Crippen LogP contribution in [0.3, 0.4) is 0 Å². The van der Waals surface area contributed by atoms with Crippen LogP contribution in [0, 0.1) is 0 Å². The molecule has 0 unspecified atom stereocenters. The Kier molecular flexibility index (Phi) is 3.88. The van der Waals surface area contributed by atoms with E-state index in [1.165, 1.54) is 11.2 Å². The van der Waals surface area contributed by atoms with Gasteiger partial charge in [0.15, 0.2) is 0 Å². The summed E-state index contributed by atoms with van der Waals surface area (Å²) in [4.78, 5) is 17.2. The van der Waals surface area contributed by atoms with Crippen LogP contribution in [0.25, 0.3) is 0 Å². The predicted molar refractivity (Wildman–Crippen MR) is 66.6 cm³/mol. The van der Waals surface area contributed by atoms with Crippen molar-refractivity contribution in [3.05, 3.63) is 18.7 Å². The molecule has 0 saturated carbocycles. The van der Waals surface area contributed by atoms with E-state index in [4.69, 9.17) is 0 Å². The first-order valence-corrected chi connectivity index (χ1v) is 7.63. The lowest BCUT2D eigenvalue weighted by molar-refractivity contribution is -0.131. The highest BCUT2D eigenvalue weighted by Gasteiger charge is 2.35. The smallest absolute Gasteiger partial charge is 0.242 e. The van der Waals surface area contributed by atoms with E-state index < -0.39 is 22.2 Å². The number of hydrogen-bond donors (Lipinski definition) is 2. The normalized spacial score (nSPS) is 23.8. The number of hydrogen-bond acceptors (Lipinski definition) is 5. The molecule has 0 radical (unpaired) electrons. The Labute approximate surface area is 111 Å². The predicted octanol–water partition coefficient (Wildman–Crippen LogP) is -2.00. The summed E-state index contributed by atoms with van der Waals surface area (Å²) in [6.07, 6.45) is 4.89. The molecule has 1 aliphatic rings. The molecule has 1 amide bonds. The van der Waals surface area contributed by atoms with Crippen LogP contribution in [0.1, 0.15) is 0 Å². The van der Waals surface area contributed by atoms with Crippen LogP contribution in [-0.2, 0) is 21.4 Å². The number of sulfonamides is 1. The lowest BCUT2D eigenvalue weighted by Crippen LogP contribution is -2.42. The molecule has 19 heavy (non-hydrogen) atoms. The van der Waals surface area contributed by atoms with Gasteiger partial charge in [-0.3, -0.25) is 4.79 Å². The van der Waals surface area contributed by atoms with Crippen molar-refractivity contribution in [2.75, 3.05) is 19.3 Å². The lowest BCUT2D eigenvalue weighted by atomic mass is 10.2. The summed E-state index contributed by atoms with van der Waals surface area (Å²) in [6.45, 7) is 0.417. The van der Waals surface area contributed by atoms with Crippen LogP contribution in [-0.4, -0.2) is 65.4 Å². The number of β-amino-alcohol motifs (C(OH)–C–C–N with tert-alkyl or cyclic N) is 1. The Morgan fingerprint density at radius 1 is 1.53 bits per heavy atom. The molecular weight excluding hydrogens is 272 g/mol. The first-order valence-electron chi connectivity index (χ1n) is 5.74. The third kappa shape index (κ3) is 3.75. The highest BCUT2D eigenvalue weighted by molar-refractivity contribution is 7.88. The van der Waals surface area contributed by atoms with E-state index >= 15 is 0 Å². The number of amides is 1. The number of likely N-dealkylation sites (tertiary alicyclic amines) is 1. The maximum absolute atomic E-state index is 12.0. The monoisotopic (exact) mass is 288 g/mol. The third-order valence-corrected chi connectivity index (χ3v) is 3.62. The zero-order chi connectivity index (χ0) is 14.0. The third-order valence-electron chi connectivity index (χ3n) is 2.88. The maximum atomic E-state index is 12.0. The van der Waals surface area contributed by atoms with Crippen molar-refractivity contribution >= 4 is 15.9 Å². The lowest BCUT2D eigenvalue weighted by Gasteiger charge is -2.16. The van der Waals surface area contributed by atoms with Gasteiger partial charge in [0.2, 0.25) is 15.9 Å². The molecule has 1 aliphatic heterocycles. The van der Waals surface area contributed by atoms with Crippen molar-refractivity contribution in [1.82, 2.24) is 19.2 Å². The van der Waals surface area contributed by atoms with Crippen LogP contribution >= 0.6 is 0 Å². The van der Waals surface area contributed by atoms with Crippen LogP contribution in [0.5, 0.6) is 0 Å². The van der Waals surface area contributed by atoms with Crippen LogP contribution in [0.15, 0.2) is 18.7 Å². The Morgan fingerprint density at radius 2 is 2.26 bits per heavy atom. The Balaban J connectivity index is 1.95. The first kappa shape index (κ1) is 14.0. The van der Waals surface area contributed by atoms with Gasteiger partial charge in [-0.2, -0.15) is 0 Å². The summed E-state index contributed by atoms with van der Waals surface area (Å²) < 4.78 is 26.2. The van der Waals surface area contributed by atoms with Gasteiger partial charge in [0, 0.05) is 25.5 Å². The maximum Gasteiger partial charge on any atom is 0.242 e. The van der Waals surface area contributed by atoms with Crippen LogP contribution < -0.4 is 4.72 Å². The van der Waals surface area contributed by atoms with Gasteiger partial charge in [0.25, 0.3) is 0 Å². The molecule has 1 fully saturated rings. The number of aromatic nitrogens is 2. The van der Waals surface area contributed by atoms with E-state index in [9.17, 15) is 18.3 Å². The highest BCUT2D eigenvalue weighted by atomic mass is 32.2. The largest absolute Gasteiger partial charge is 0.390 e. The molecule has 9 heteroatoms. The number of imidazole rings is 1. The topological polar surface area (TPSA) is 105 Å². The van der Waals surface area contributed by atoms with Crippen molar-refractivity contribution in [3.63, 3.8) is 0 Å². The zero-order valence-corrected chi connectivity index (χ0v) is 11.2. The summed E-state index contributed by atoms with van der Waals surface area (Å²) in [5.41, 5.74) is 0. The fourth-order valence-electron chi connectivity index (χ4n) is 2.02. The van der Waals surface area contributed by atoms with Gasteiger partial charge in [-0.1, -0.05) is 0 Å². The molecule has 2 rings (SSSR count). The van der Waals surface area contributed by atoms with E-state index in [2.05, 4.69) is 9.71 Å². The average Bonchev–Trinajstić information content (AvgIpc) is 2.88. The van der Waals surface area contributed by atoms with Gasteiger partial charge in [-0.15, -0.1) is 0 Å². The first-order chi connectivity index (χ1) is 8.85. The summed E-state index contributed by atoms with van der Waals surface area (Å²) in [7, 11) is -3.40. The molecule has 1 saturated heterocycles. The molecule has 2 N–H and O–H groups in total. The van der Waals surface area contributed by atoms with Gasteiger partial charge >= 0.3 is 0 Å². The minimum Gasteiger partial charge on any atom is -0.390 e. The Morgan fingerprint density at radius 3 is 2.84 bits per heavy atom. The van der Waals surface area contributed by atoms with E-state index in [0.29, 0.717) is 0 Å². The van der Waals surface area contributed by atoms with Crippen molar-refractivity contribution < 1.29 is 18.3 Å². The number of carbonyl (C=O) groups is 1. The zero-order valence-electron chi connectivity index (χ0n) is 10.4. The molecule has 1 aromatic rings. The number of aliphatic hydroxyl groups excluding tert-OH is 1. The van der Waals surface area contributed by atoms with E-state index in [0.717, 1.165) is 6.26 Å². The summed E-state index contributed by atoms with van der Waals surface area (Å²) in [5.74, 6) is -0.185. The minimum atomic E-state index is -3.40. The van der Waals surface area contributed by atoms with Gasteiger partial charge < -0.3 is 14.6 Å². The summed E-state index contributed by atoms with van der Waals surface area (Å²) >= 11 is 0. The average molecular weight is 288 g/mol. The van der Waals surface area contributed by atoms with Crippen LogP contribution in [0.2, 0.25) is 0 Å². The number of carbonyl (C=O) groups excluding carboxylic acids is 1. The Hall–Kier alpha value is -1.45. The standard InChI is InChI=1S/C10H16N4O4S/c1-19(17,18)12-8-4-14(5-9(8)15)10(16)6-13-3-2-11-7-13/h2-3,7-9,12,15H,4-6H2,1H3/t8-,9-/m1/s1. The van der Waals surface area contributed by atoms with Crippen molar-refractivity contribution in [1.29, 1.82) is 0 Å². The van der Waals surface area contributed by atoms with Crippen molar-refractivity contribution in [2.45, 2.75) is 18.7 Å². The van der Waals surface area contributed by atoms with Gasteiger partial charge in [0.1, 0.15) is 6.54 Å². The number of aliphatic hydroxyl groups is 1. The highest BCUT2D eigenvalue weighted by Crippen LogP contribution is 2.11. The van der Waals surface area contributed by atoms with E-state index in [1.807, 2.05) is 0 Å². The molecule has 106 valence electrons. The van der Waals surface area contributed by atoms with Crippen molar-refractivity contribution in [3.8, 4) is 0 Å². The molecule has 2 atom stereocenters. The molecule has 8 nitrogen and oxygen atoms in total. The van der Waals surface area contributed by atoms with Crippen molar-refractivity contribution in [2.24, 2.45) is 0 Å². The molecule has 0 bridgehead atoms. The molecular formula is C10H16N4O4S. The number of rotatable bonds is 4. The molecule has 0 aromatic carbocycles. The quantitative estimate of drug-likeness (QED) is 0.667. The van der Waals surface area contributed by atoms with Gasteiger partial charge in [-0.25, -0.2) is 18.1 Å². The van der Waals surface area contributed by atoms with E-state index in [1.54, 1.807) is 17.0 Å².